The smallest absolute Gasteiger partial charge is 0.114 e. The van der Waals surface area contributed by atoms with Gasteiger partial charge < -0.3 is 9.84 Å². The molecule has 3 heteroatoms. The molecule has 3 nitrogen and oxygen atoms in total. The first kappa shape index (κ1) is 6.99. The third-order valence-corrected chi connectivity index (χ3v) is 1.42. The highest BCUT2D eigenvalue weighted by molar-refractivity contribution is 4.80. The molecular formula is C6H13NO2. The summed E-state index contributed by atoms with van der Waals surface area (Å²) in [4.78, 5) is 0. The molecule has 0 bridgehead atoms. The average molecular weight is 131 g/mol. The van der Waals surface area contributed by atoms with E-state index in [-0.39, 0.29) is 18.4 Å². The summed E-state index contributed by atoms with van der Waals surface area (Å²) in [5.41, 5.74) is -0.243. The molecule has 0 saturated carbocycles. The van der Waals surface area contributed by atoms with Gasteiger partial charge in [-0.25, -0.2) is 0 Å². The van der Waals surface area contributed by atoms with Crippen LogP contribution in [-0.4, -0.2) is 30.1 Å². The van der Waals surface area contributed by atoms with Crippen molar-refractivity contribution in [3.63, 3.8) is 0 Å². The summed E-state index contributed by atoms with van der Waals surface area (Å²) in [6, 6.07) is 0.125. The Morgan fingerprint density at radius 3 is 2.67 bits per heavy atom. The third-order valence-electron chi connectivity index (χ3n) is 1.42. The van der Waals surface area contributed by atoms with Crippen molar-refractivity contribution in [1.82, 2.24) is 5.32 Å². The molecule has 0 unspecified atom stereocenters. The van der Waals surface area contributed by atoms with Crippen molar-refractivity contribution in [3.8, 4) is 0 Å². The van der Waals surface area contributed by atoms with Gasteiger partial charge in [0.2, 0.25) is 0 Å². The van der Waals surface area contributed by atoms with Crippen LogP contribution < -0.4 is 5.32 Å². The SMILES string of the molecule is CC1(C)N[C@H](CO)CO1. The quantitative estimate of drug-likeness (QED) is 0.513. The molecule has 1 heterocycles. The van der Waals surface area contributed by atoms with Gasteiger partial charge in [0.15, 0.2) is 0 Å². The Balaban J connectivity index is 2.38. The lowest BCUT2D eigenvalue weighted by Gasteiger charge is -2.17. The molecule has 1 rings (SSSR count). The van der Waals surface area contributed by atoms with Gasteiger partial charge in [-0.15, -0.1) is 0 Å². The van der Waals surface area contributed by atoms with Gasteiger partial charge in [0.1, 0.15) is 5.72 Å². The first-order valence-electron chi connectivity index (χ1n) is 3.16. The number of ether oxygens (including phenoxy) is 1. The van der Waals surface area contributed by atoms with Crippen molar-refractivity contribution in [2.75, 3.05) is 13.2 Å². The normalized spacial score (nSPS) is 33.0. The highest BCUT2D eigenvalue weighted by atomic mass is 16.5. The van der Waals surface area contributed by atoms with Crippen LogP contribution in [0, 0.1) is 0 Å². The zero-order chi connectivity index (χ0) is 6.91. The van der Waals surface area contributed by atoms with Crippen LogP contribution in [0.15, 0.2) is 0 Å². The van der Waals surface area contributed by atoms with Gasteiger partial charge in [-0.1, -0.05) is 0 Å². The summed E-state index contributed by atoms with van der Waals surface area (Å²) in [6.07, 6.45) is 0. The second-order valence-corrected chi connectivity index (χ2v) is 2.85. The fourth-order valence-corrected chi connectivity index (χ4v) is 0.982. The number of aliphatic hydroxyl groups excluding tert-OH is 1. The van der Waals surface area contributed by atoms with E-state index in [1.54, 1.807) is 0 Å². The molecule has 0 aromatic carbocycles. The summed E-state index contributed by atoms with van der Waals surface area (Å²) < 4.78 is 5.27. The molecule has 0 amide bonds. The van der Waals surface area contributed by atoms with E-state index in [0.717, 1.165) is 0 Å². The second-order valence-electron chi connectivity index (χ2n) is 2.85. The van der Waals surface area contributed by atoms with E-state index in [0.29, 0.717) is 6.61 Å². The Morgan fingerprint density at radius 2 is 2.44 bits per heavy atom. The van der Waals surface area contributed by atoms with Crippen molar-refractivity contribution in [3.05, 3.63) is 0 Å². The zero-order valence-corrected chi connectivity index (χ0v) is 5.85. The fourth-order valence-electron chi connectivity index (χ4n) is 0.982. The van der Waals surface area contributed by atoms with Crippen molar-refractivity contribution in [2.45, 2.75) is 25.6 Å². The third kappa shape index (κ3) is 1.64. The van der Waals surface area contributed by atoms with Gasteiger partial charge in [-0.3, -0.25) is 5.32 Å². The maximum absolute atomic E-state index is 8.66. The summed E-state index contributed by atoms with van der Waals surface area (Å²) >= 11 is 0. The van der Waals surface area contributed by atoms with E-state index >= 15 is 0 Å². The lowest BCUT2D eigenvalue weighted by atomic mass is 10.3. The fraction of sp³-hybridized carbons (Fsp3) is 1.00. The molecule has 9 heavy (non-hydrogen) atoms. The van der Waals surface area contributed by atoms with E-state index in [4.69, 9.17) is 9.84 Å². The molecule has 1 aliphatic rings. The Bertz CT molecular complexity index is 103. The summed E-state index contributed by atoms with van der Waals surface area (Å²) in [5.74, 6) is 0. The largest absolute Gasteiger partial charge is 0.395 e. The second kappa shape index (κ2) is 2.25. The molecule has 2 N–H and O–H groups in total. The monoisotopic (exact) mass is 131 g/mol. The molecular weight excluding hydrogens is 118 g/mol. The van der Waals surface area contributed by atoms with Crippen molar-refractivity contribution in [2.24, 2.45) is 0 Å². The molecule has 0 spiro atoms. The summed E-state index contributed by atoms with van der Waals surface area (Å²) in [6.45, 7) is 4.66. The van der Waals surface area contributed by atoms with Crippen molar-refractivity contribution >= 4 is 0 Å². The van der Waals surface area contributed by atoms with Gasteiger partial charge in [0, 0.05) is 0 Å². The lowest BCUT2D eigenvalue weighted by Crippen LogP contribution is -2.39. The molecule has 1 atom stereocenters. The molecule has 1 aliphatic heterocycles. The van der Waals surface area contributed by atoms with Gasteiger partial charge in [-0.2, -0.15) is 0 Å². The van der Waals surface area contributed by atoms with Gasteiger partial charge in [-0.05, 0) is 13.8 Å². The number of hydrogen-bond acceptors (Lipinski definition) is 3. The van der Waals surface area contributed by atoms with Crippen LogP contribution in [0.5, 0.6) is 0 Å². The molecule has 54 valence electrons. The van der Waals surface area contributed by atoms with Crippen LogP contribution in [0.1, 0.15) is 13.8 Å². The Hall–Kier alpha value is -0.120. The van der Waals surface area contributed by atoms with Crippen LogP contribution in [0.4, 0.5) is 0 Å². The van der Waals surface area contributed by atoms with E-state index in [1.165, 1.54) is 0 Å². The van der Waals surface area contributed by atoms with E-state index in [2.05, 4.69) is 5.32 Å². The first-order valence-corrected chi connectivity index (χ1v) is 3.16. The minimum Gasteiger partial charge on any atom is -0.395 e. The van der Waals surface area contributed by atoms with Crippen LogP contribution >= 0.6 is 0 Å². The molecule has 1 fully saturated rings. The van der Waals surface area contributed by atoms with Gasteiger partial charge in [0.05, 0.1) is 19.3 Å². The average Bonchev–Trinajstić information content (AvgIpc) is 2.10. The van der Waals surface area contributed by atoms with Crippen LogP contribution in [0.2, 0.25) is 0 Å². The highest BCUT2D eigenvalue weighted by Crippen LogP contribution is 2.12. The van der Waals surface area contributed by atoms with Crippen LogP contribution in [-0.2, 0) is 4.74 Å². The van der Waals surface area contributed by atoms with Crippen molar-refractivity contribution in [1.29, 1.82) is 0 Å². The predicted octanol–water partition coefficient (Wildman–Crippen LogP) is -0.297. The zero-order valence-electron chi connectivity index (χ0n) is 5.85. The number of aliphatic hydroxyl groups is 1. The lowest BCUT2D eigenvalue weighted by molar-refractivity contribution is 0.0230. The number of hydrogen-bond donors (Lipinski definition) is 2. The number of rotatable bonds is 1. The summed E-state index contributed by atoms with van der Waals surface area (Å²) in [7, 11) is 0. The number of nitrogens with one attached hydrogen (secondary N) is 1. The first-order chi connectivity index (χ1) is 4.14. The maximum Gasteiger partial charge on any atom is 0.114 e. The minimum atomic E-state index is -0.243. The van der Waals surface area contributed by atoms with Crippen LogP contribution in [0.3, 0.4) is 0 Å². The van der Waals surface area contributed by atoms with Gasteiger partial charge >= 0.3 is 0 Å². The molecule has 0 aromatic rings. The summed E-state index contributed by atoms with van der Waals surface area (Å²) in [5, 5.41) is 11.8. The predicted molar refractivity (Wildman–Crippen MR) is 34.0 cm³/mol. The standard InChI is InChI=1S/C6H13NO2/c1-6(2)7-5(3-8)4-9-6/h5,7-8H,3-4H2,1-2H3/t5-/m1/s1. The highest BCUT2D eigenvalue weighted by Gasteiger charge is 2.29. The van der Waals surface area contributed by atoms with Gasteiger partial charge in [0.25, 0.3) is 0 Å². The van der Waals surface area contributed by atoms with E-state index in [1.807, 2.05) is 13.8 Å². The molecule has 1 saturated heterocycles. The molecule has 0 aromatic heterocycles. The Morgan fingerprint density at radius 1 is 1.78 bits per heavy atom. The van der Waals surface area contributed by atoms with E-state index < -0.39 is 0 Å². The van der Waals surface area contributed by atoms with Crippen molar-refractivity contribution < 1.29 is 9.84 Å². The molecule has 0 radical (unpaired) electrons. The maximum atomic E-state index is 8.66. The van der Waals surface area contributed by atoms with Crippen LogP contribution in [0.25, 0.3) is 0 Å². The topological polar surface area (TPSA) is 41.5 Å². The Kier molecular flexibility index (Phi) is 1.75. The minimum absolute atomic E-state index is 0.125. The Labute approximate surface area is 55.0 Å². The molecule has 0 aliphatic carbocycles. The van der Waals surface area contributed by atoms with E-state index in [9.17, 15) is 0 Å².